The molecule has 1 aromatic rings. The van der Waals surface area contributed by atoms with Crippen LogP contribution in [0.4, 0.5) is 10.1 Å². The van der Waals surface area contributed by atoms with Gasteiger partial charge in [-0.25, -0.2) is 4.39 Å². The normalized spacial score (nSPS) is 23.1. The summed E-state index contributed by atoms with van der Waals surface area (Å²) in [5.74, 6) is -0.151. The molecule has 1 aliphatic rings. The molecule has 4 heteroatoms. The van der Waals surface area contributed by atoms with Crippen molar-refractivity contribution in [2.75, 3.05) is 24.5 Å². The first-order chi connectivity index (χ1) is 9.84. The Hall–Kier alpha value is -1.13. The molecular weight excluding hydrogens is 267 g/mol. The molecule has 1 aromatic carbocycles. The molecule has 2 rings (SSSR count). The van der Waals surface area contributed by atoms with Crippen LogP contribution in [0.25, 0.3) is 0 Å². The van der Waals surface area contributed by atoms with Crippen molar-refractivity contribution in [1.82, 2.24) is 5.32 Å². The molecule has 0 spiro atoms. The van der Waals surface area contributed by atoms with E-state index in [1.54, 1.807) is 12.1 Å². The Morgan fingerprint density at radius 3 is 2.81 bits per heavy atom. The second-order valence-corrected chi connectivity index (χ2v) is 6.53. The third-order valence-electron chi connectivity index (χ3n) is 3.88. The second-order valence-electron chi connectivity index (χ2n) is 6.53. The van der Waals surface area contributed by atoms with Crippen LogP contribution in [-0.4, -0.2) is 31.3 Å². The molecule has 2 unspecified atom stereocenters. The number of morpholine rings is 1. The Morgan fingerprint density at radius 2 is 2.19 bits per heavy atom. The molecule has 0 bridgehead atoms. The van der Waals surface area contributed by atoms with Gasteiger partial charge in [-0.05, 0) is 45.9 Å². The molecule has 1 saturated heterocycles. The van der Waals surface area contributed by atoms with Crippen LogP contribution in [-0.2, 0) is 4.74 Å². The number of nitrogens with zero attached hydrogens (tertiary/aromatic N) is 1. The maximum Gasteiger partial charge on any atom is 0.146 e. The molecule has 1 fully saturated rings. The molecule has 0 radical (unpaired) electrons. The van der Waals surface area contributed by atoms with Crippen molar-refractivity contribution in [3.63, 3.8) is 0 Å². The van der Waals surface area contributed by atoms with Crippen LogP contribution in [0.5, 0.6) is 0 Å². The minimum absolute atomic E-state index is 0.0932. The van der Waals surface area contributed by atoms with E-state index in [4.69, 9.17) is 4.74 Å². The predicted octanol–water partition coefficient (Wildman–Crippen LogP) is 3.50. The number of anilines is 1. The van der Waals surface area contributed by atoms with Crippen molar-refractivity contribution >= 4 is 5.69 Å². The van der Waals surface area contributed by atoms with E-state index < -0.39 is 0 Å². The Labute approximate surface area is 127 Å². The van der Waals surface area contributed by atoms with Gasteiger partial charge in [-0.2, -0.15) is 0 Å². The van der Waals surface area contributed by atoms with Gasteiger partial charge in [0.1, 0.15) is 5.82 Å². The standard InChI is InChI=1S/C17H27FN2O/c1-6-19-13(3)14-8-7-9-15(18)16(14)20-10-12(2)21-17(4,5)11-20/h7-9,12-13,19H,6,10-11H2,1-5H3. The van der Waals surface area contributed by atoms with Crippen molar-refractivity contribution in [3.8, 4) is 0 Å². The third kappa shape index (κ3) is 3.74. The fourth-order valence-electron chi connectivity index (χ4n) is 3.26. The summed E-state index contributed by atoms with van der Waals surface area (Å²) in [7, 11) is 0. The van der Waals surface area contributed by atoms with Gasteiger partial charge in [-0.1, -0.05) is 19.1 Å². The summed E-state index contributed by atoms with van der Waals surface area (Å²) < 4.78 is 20.4. The summed E-state index contributed by atoms with van der Waals surface area (Å²) in [4.78, 5) is 2.13. The SMILES string of the molecule is CCNC(C)c1cccc(F)c1N1CC(C)OC(C)(C)C1. The van der Waals surface area contributed by atoms with Crippen LogP contribution in [0.2, 0.25) is 0 Å². The highest BCUT2D eigenvalue weighted by atomic mass is 19.1. The Morgan fingerprint density at radius 1 is 1.48 bits per heavy atom. The second kappa shape index (κ2) is 6.32. The molecule has 0 saturated carbocycles. The van der Waals surface area contributed by atoms with Gasteiger partial charge in [-0.15, -0.1) is 0 Å². The maximum atomic E-state index is 14.5. The number of benzene rings is 1. The van der Waals surface area contributed by atoms with E-state index >= 15 is 0 Å². The van der Waals surface area contributed by atoms with Gasteiger partial charge in [0.05, 0.1) is 17.4 Å². The Balaban J connectivity index is 2.38. The zero-order chi connectivity index (χ0) is 15.6. The number of ether oxygens (including phenoxy) is 1. The fourth-order valence-corrected chi connectivity index (χ4v) is 3.26. The number of halogens is 1. The van der Waals surface area contributed by atoms with Crippen LogP contribution in [0.3, 0.4) is 0 Å². The van der Waals surface area contributed by atoms with Gasteiger partial charge >= 0.3 is 0 Å². The number of nitrogens with one attached hydrogen (secondary N) is 1. The van der Waals surface area contributed by atoms with Crippen LogP contribution in [0.15, 0.2) is 18.2 Å². The first-order valence-corrected chi connectivity index (χ1v) is 7.78. The molecule has 118 valence electrons. The monoisotopic (exact) mass is 294 g/mol. The smallest absolute Gasteiger partial charge is 0.146 e. The van der Waals surface area contributed by atoms with Crippen molar-refractivity contribution in [2.45, 2.75) is 52.4 Å². The molecule has 0 aliphatic carbocycles. The molecule has 0 amide bonds. The minimum atomic E-state index is -0.265. The number of hydrogen-bond donors (Lipinski definition) is 1. The van der Waals surface area contributed by atoms with E-state index in [1.807, 2.05) is 13.0 Å². The maximum absolute atomic E-state index is 14.5. The van der Waals surface area contributed by atoms with Crippen LogP contribution in [0.1, 0.15) is 46.2 Å². The summed E-state index contributed by atoms with van der Waals surface area (Å²) in [6.45, 7) is 12.6. The van der Waals surface area contributed by atoms with E-state index in [0.717, 1.165) is 18.7 Å². The van der Waals surface area contributed by atoms with Gasteiger partial charge in [0.25, 0.3) is 0 Å². The van der Waals surface area contributed by atoms with Gasteiger partial charge in [0.2, 0.25) is 0 Å². The van der Waals surface area contributed by atoms with Crippen LogP contribution in [0, 0.1) is 5.82 Å². The Kier molecular flexibility index (Phi) is 4.89. The highest BCUT2D eigenvalue weighted by Gasteiger charge is 2.33. The van der Waals surface area contributed by atoms with Crippen molar-refractivity contribution in [1.29, 1.82) is 0 Å². The van der Waals surface area contributed by atoms with Gasteiger partial charge in [-0.3, -0.25) is 0 Å². The number of hydrogen-bond acceptors (Lipinski definition) is 3. The topological polar surface area (TPSA) is 24.5 Å². The molecule has 1 heterocycles. The third-order valence-corrected chi connectivity index (χ3v) is 3.88. The summed E-state index contributed by atoms with van der Waals surface area (Å²) in [5, 5.41) is 3.38. The highest BCUT2D eigenvalue weighted by molar-refractivity contribution is 5.57. The average Bonchev–Trinajstić information content (AvgIpc) is 2.36. The quantitative estimate of drug-likeness (QED) is 0.920. The lowest BCUT2D eigenvalue weighted by molar-refractivity contribution is -0.0751. The summed E-state index contributed by atoms with van der Waals surface area (Å²) in [5.41, 5.74) is 1.47. The largest absolute Gasteiger partial charge is 0.369 e. The van der Waals surface area contributed by atoms with E-state index in [-0.39, 0.29) is 23.6 Å². The average molecular weight is 294 g/mol. The van der Waals surface area contributed by atoms with Crippen molar-refractivity contribution < 1.29 is 9.13 Å². The van der Waals surface area contributed by atoms with Crippen LogP contribution < -0.4 is 10.2 Å². The predicted molar refractivity (Wildman–Crippen MR) is 85.3 cm³/mol. The molecular formula is C17H27FN2O. The number of rotatable bonds is 4. The van der Waals surface area contributed by atoms with E-state index in [9.17, 15) is 4.39 Å². The molecule has 1 aliphatic heterocycles. The van der Waals surface area contributed by atoms with E-state index in [0.29, 0.717) is 12.2 Å². The highest BCUT2D eigenvalue weighted by Crippen LogP contribution is 2.33. The lowest BCUT2D eigenvalue weighted by atomic mass is 10.00. The van der Waals surface area contributed by atoms with Crippen molar-refractivity contribution in [3.05, 3.63) is 29.6 Å². The van der Waals surface area contributed by atoms with Gasteiger partial charge in [0, 0.05) is 19.1 Å². The summed E-state index contributed by atoms with van der Waals surface area (Å²) in [6, 6.07) is 5.47. The summed E-state index contributed by atoms with van der Waals surface area (Å²) >= 11 is 0. The summed E-state index contributed by atoms with van der Waals surface area (Å²) in [6.07, 6.45) is 0.0932. The Bertz CT molecular complexity index is 490. The lowest BCUT2D eigenvalue weighted by Crippen LogP contribution is -2.52. The fraction of sp³-hybridized carbons (Fsp3) is 0.647. The lowest BCUT2D eigenvalue weighted by Gasteiger charge is -2.43. The van der Waals surface area contributed by atoms with Crippen molar-refractivity contribution in [2.24, 2.45) is 0 Å². The molecule has 21 heavy (non-hydrogen) atoms. The van der Waals surface area contributed by atoms with Gasteiger partial charge < -0.3 is 15.0 Å². The minimum Gasteiger partial charge on any atom is -0.369 e. The first-order valence-electron chi connectivity index (χ1n) is 7.78. The zero-order valence-electron chi connectivity index (χ0n) is 13.7. The van der Waals surface area contributed by atoms with Crippen LogP contribution >= 0.6 is 0 Å². The van der Waals surface area contributed by atoms with Gasteiger partial charge in [0.15, 0.2) is 0 Å². The number of para-hydroxylation sites is 1. The molecule has 2 atom stereocenters. The first kappa shape index (κ1) is 16.2. The molecule has 1 N–H and O–H groups in total. The molecule has 3 nitrogen and oxygen atoms in total. The van der Waals surface area contributed by atoms with E-state index in [2.05, 4.69) is 37.9 Å². The zero-order valence-corrected chi connectivity index (χ0v) is 13.7. The van der Waals surface area contributed by atoms with E-state index in [1.165, 1.54) is 0 Å². The molecule has 0 aromatic heterocycles.